The fraction of sp³-hybridized carbons (Fsp3) is 0.0690. The number of hydrogen-bond donors (Lipinski definition) is 1. The lowest BCUT2D eigenvalue weighted by Crippen LogP contribution is -2.05. The summed E-state index contributed by atoms with van der Waals surface area (Å²) in [6, 6.07) is 24.1. The summed E-state index contributed by atoms with van der Waals surface area (Å²) in [6.45, 7) is 0. The van der Waals surface area contributed by atoms with E-state index in [9.17, 15) is 31.4 Å². The number of benzene rings is 4. The van der Waals surface area contributed by atoms with Crippen LogP contribution in [0.25, 0.3) is 39.6 Å². The van der Waals surface area contributed by atoms with Gasteiger partial charge in [0.25, 0.3) is 0 Å². The number of nitrogens with zero attached hydrogens (tertiary/aromatic N) is 2. The topological polar surface area (TPSA) is 38.1 Å². The van der Waals surface area contributed by atoms with Gasteiger partial charge in [0.2, 0.25) is 0 Å². The molecule has 0 aliphatic rings. The van der Waals surface area contributed by atoms with E-state index >= 15 is 0 Å². The second-order valence-electron chi connectivity index (χ2n) is 8.47. The number of phenolic OH excluding ortho intramolecular Hbond substituents is 1. The molecule has 0 aliphatic heterocycles. The molecule has 0 bridgehead atoms. The fourth-order valence-corrected chi connectivity index (χ4v) is 4.19. The van der Waals surface area contributed by atoms with E-state index in [1.165, 1.54) is 30.3 Å². The van der Waals surface area contributed by atoms with E-state index in [1.807, 2.05) is 0 Å². The zero-order chi connectivity index (χ0) is 27.1. The average Bonchev–Trinajstić information content (AvgIpc) is 3.29. The van der Waals surface area contributed by atoms with Gasteiger partial charge >= 0.3 is 12.4 Å². The van der Waals surface area contributed by atoms with Crippen LogP contribution in [-0.2, 0) is 12.4 Å². The Balaban J connectivity index is 1.83. The Hall–Kier alpha value is -4.53. The van der Waals surface area contributed by atoms with Crippen LogP contribution in [0.3, 0.4) is 0 Å². The highest BCUT2D eigenvalue weighted by Gasteiger charge is 2.32. The van der Waals surface area contributed by atoms with Crippen molar-refractivity contribution in [3.63, 3.8) is 0 Å². The van der Waals surface area contributed by atoms with Gasteiger partial charge in [-0.15, -0.1) is 0 Å². The molecule has 192 valence electrons. The van der Waals surface area contributed by atoms with Crippen LogP contribution < -0.4 is 0 Å². The number of aromatic nitrogens is 2. The summed E-state index contributed by atoms with van der Waals surface area (Å²) in [5.74, 6) is 0.173. The molecule has 0 aliphatic carbocycles. The first-order valence-corrected chi connectivity index (χ1v) is 11.4. The predicted molar refractivity (Wildman–Crippen MR) is 132 cm³/mol. The van der Waals surface area contributed by atoms with E-state index in [4.69, 9.17) is 4.98 Å². The third-order valence-corrected chi connectivity index (χ3v) is 6.01. The molecule has 5 rings (SSSR count). The summed E-state index contributed by atoms with van der Waals surface area (Å²) >= 11 is 0. The summed E-state index contributed by atoms with van der Waals surface area (Å²) in [5, 5.41) is 10.6. The first-order chi connectivity index (χ1) is 18.0. The van der Waals surface area contributed by atoms with E-state index in [-0.39, 0.29) is 17.3 Å². The Morgan fingerprint density at radius 1 is 0.579 bits per heavy atom. The standard InChI is InChI=1S/C29H18F6N2O/c30-28(31,32)20-14-10-18(11-15-20)25-26(19-12-16-21(17-13-19)29(33,34)35)37(22-6-2-1-3-7-22)27(36-25)23-8-4-5-9-24(23)38/h1-17,38H. The van der Waals surface area contributed by atoms with Crippen LogP contribution in [0.4, 0.5) is 26.3 Å². The molecule has 0 unspecified atom stereocenters. The van der Waals surface area contributed by atoms with Crippen LogP contribution in [-0.4, -0.2) is 14.7 Å². The summed E-state index contributed by atoms with van der Waals surface area (Å²) in [6.07, 6.45) is -9.09. The maximum atomic E-state index is 13.3. The van der Waals surface area contributed by atoms with Gasteiger partial charge < -0.3 is 5.11 Å². The number of imidazole rings is 1. The van der Waals surface area contributed by atoms with Crippen LogP contribution in [0.5, 0.6) is 5.75 Å². The third kappa shape index (κ3) is 4.74. The van der Waals surface area contributed by atoms with Crippen molar-refractivity contribution in [2.75, 3.05) is 0 Å². The molecule has 1 aromatic heterocycles. The Morgan fingerprint density at radius 2 is 1.08 bits per heavy atom. The minimum atomic E-state index is -4.55. The van der Waals surface area contributed by atoms with E-state index in [0.717, 1.165) is 24.3 Å². The molecule has 4 aromatic carbocycles. The molecule has 3 nitrogen and oxygen atoms in total. The van der Waals surface area contributed by atoms with Gasteiger partial charge in [0.15, 0.2) is 0 Å². The first kappa shape index (κ1) is 25.1. The van der Waals surface area contributed by atoms with Gasteiger partial charge in [-0.3, -0.25) is 4.57 Å². The Morgan fingerprint density at radius 3 is 1.61 bits per heavy atom. The van der Waals surface area contributed by atoms with Crippen LogP contribution in [0, 0.1) is 0 Å². The fourth-order valence-electron chi connectivity index (χ4n) is 4.19. The van der Waals surface area contributed by atoms with Crippen molar-refractivity contribution in [1.29, 1.82) is 0 Å². The van der Waals surface area contributed by atoms with Gasteiger partial charge in [0.05, 0.1) is 28.1 Å². The summed E-state index contributed by atoms with van der Waals surface area (Å²) in [7, 11) is 0. The molecule has 0 atom stereocenters. The minimum Gasteiger partial charge on any atom is -0.507 e. The van der Waals surface area contributed by atoms with Crippen molar-refractivity contribution >= 4 is 0 Å². The number of alkyl halides is 6. The zero-order valence-corrected chi connectivity index (χ0v) is 19.4. The molecule has 0 fully saturated rings. The smallest absolute Gasteiger partial charge is 0.416 e. The van der Waals surface area contributed by atoms with Crippen molar-refractivity contribution in [2.24, 2.45) is 0 Å². The summed E-state index contributed by atoms with van der Waals surface area (Å²) in [4.78, 5) is 4.73. The van der Waals surface area contributed by atoms with Gasteiger partial charge in [-0.05, 0) is 48.5 Å². The molecule has 0 saturated heterocycles. The van der Waals surface area contributed by atoms with Gasteiger partial charge in [0, 0.05) is 16.8 Å². The number of hydrogen-bond acceptors (Lipinski definition) is 2. The van der Waals surface area contributed by atoms with E-state index < -0.39 is 23.5 Å². The van der Waals surface area contributed by atoms with Crippen molar-refractivity contribution in [1.82, 2.24) is 9.55 Å². The molecule has 0 saturated carbocycles. The molecular weight excluding hydrogens is 506 g/mol. The van der Waals surface area contributed by atoms with Crippen molar-refractivity contribution in [3.05, 3.63) is 114 Å². The highest BCUT2D eigenvalue weighted by molar-refractivity contribution is 5.85. The molecule has 1 N–H and O–H groups in total. The number of phenols is 1. The van der Waals surface area contributed by atoms with Crippen LogP contribution in [0.1, 0.15) is 11.1 Å². The van der Waals surface area contributed by atoms with Gasteiger partial charge in [0.1, 0.15) is 11.6 Å². The first-order valence-electron chi connectivity index (χ1n) is 11.4. The SMILES string of the molecule is Oc1ccccc1-c1nc(-c2ccc(C(F)(F)F)cc2)c(-c2ccc(C(F)(F)F)cc2)n1-c1ccccc1. The second-order valence-corrected chi connectivity index (χ2v) is 8.47. The molecule has 0 spiro atoms. The van der Waals surface area contributed by atoms with E-state index in [2.05, 4.69) is 0 Å². The molecule has 9 heteroatoms. The third-order valence-electron chi connectivity index (χ3n) is 6.01. The number of halogens is 6. The highest BCUT2D eigenvalue weighted by Crippen LogP contribution is 2.42. The average molecular weight is 524 g/mol. The Labute approximate surface area is 213 Å². The van der Waals surface area contributed by atoms with E-state index in [0.29, 0.717) is 28.1 Å². The van der Waals surface area contributed by atoms with Gasteiger partial charge in [-0.2, -0.15) is 26.3 Å². The van der Waals surface area contributed by atoms with Gasteiger partial charge in [-0.25, -0.2) is 4.98 Å². The molecular formula is C29H18F6N2O. The second kappa shape index (κ2) is 9.41. The largest absolute Gasteiger partial charge is 0.507 e. The van der Waals surface area contributed by atoms with Crippen molar-refractivity contribution in [2.45, 2.75) is 12.4 Å². The number of rotatable bonds is 4. The van der Waals surface area contributed by atoms with Crippen molar-refractivity contribution < 1.29 is 31.4 Å². The lowest BCUT2D eigenvalue weighted by molar-refractivity contribution is -0.138. The van der Waals surface area contributed by atoms with E-state index in [1.54, 1.807) is 53.1 Å². The maximum absolute atomic E-state index is 13.3. The summed E-state index contributed by atoms with van der Waals surface area (Å²) in [5.41, 5.74) is 0.493. The Kier molecular flexibility index (Phi) is 6.22. The Bertz CT molecular complexity index is 1570. The van der Waals surface area contributed by atoms with Crippen LogP contribution in [0.2, 0.25) is 0 Å². The molecule has 0 amide bonds. The lowest BCUT2D eigenvalue weighted by Gasteiger charge is -2.15. The zero-order valence-electron chi connectivity index (χ0n) is 19.4. The minimum absolute atomic E-state index is 0.0902. The molecule has 1 heterocycles. The quantitative estimate of drug-likeness (QED) is 0.239. The lowest BCUT2D eigenvalue weighted by atomic mass is 10.0. The van der Waals surface area contributed by atoms with Crippen molar-refractivity contribution in [3.8, 4) is 45.3 Å². The molecule has 38 heavy (non-hydrogen) atoms. The summed E-state index contributed by atoms with van der Waals surface area (Å²) < 4.78 is 81.2. The van der Waals surface area contributed by atoms with Gasteiger partial charge in [-0.1, -0.05) is 54.6 Å². The number of aromatic hydroxyl groups is 1. The van der Waals surface area contributed by atoms with Crippen LogP contribution >= 0.6 is 0 Å². The van der Waals surface area contributed by atoms with Crippen LogP contribution in [0.15, 0.2) is 103 Å². The number of para-hydroxylation sites is 2. The maximum Gasteiger partial charge on any atom is 0.416 e. The predicted octanol–water partition coefficient (Wildman–Crippen LogP) is 8.62. The molecule has 5 aromatic rings. The molecule has 0 radical (unpaired) electrons. The highest BCUT2D eigenvalue weighted by atomic mass is 19.4. The monoisotopic (exact) mass is 524 g/mol. The normalized spacial score (nSPS) is 12.1.